The van der Waals surface area contributed by atoms with E-state index in [0.717, 1.165) is 42.6 Å². The molecule has 0 spiro atoms. The van der Waals surface area contributed by atoms with Crippen LogP contribution in [0.15, 0.2) is 18.2 Å². The van der Waals surface area contributed by atoms with Gasteiger partial charge in [-0.1, -0.05) is 32.0 Å². The first-order valence-corrected chi connectivity index (χ1v) is 9.19. The zero-order valence-corrected chi connectivity index (χ0v) is 16.4. The zero-order chi connectivity index (χ0) is 18.8. The minimum absolute atomic E-state index is 0.0229. The Kier molecular flexibility index (Phi) is 9.21. The van der Waals surface area contributed by atoms with Crippen LogP contribution in [0, 0.1) is 0 Å². The summed E-state index contributed by atoms with van der Waals surface area (Å²) in [6.07, 6.45) is 3.00. The second kappa shape index (κ2) is 10.9. The quantitative estimate of drug-likeness (QED) is 0.708. The summed E-state index contributed by atoms with van der Waals surface area (Å²) < 4.78 is 0. The molecule has 0 saturated carbocycles. The lowest BCUT2D eigenvalue weighted by Gasteiger charge is -2.22. The third kappa shape index (κ3) is 7.26. The minimum atomic E-state index is -0.0329. The van der Waals surface area contributed by atoms with Crippen LogP contribution in [-0.2, 0) is 22.4 Å². The number of para-hydroxylation sites is 1. The molecule has 0 aliphatic rings. The molecule has 1 aromatic carbocycles. The molecule has 0 saturated heterocycles. The standard InChI is InChI=1S/C20H33N3O2/c1-6-17-10-8-11-18(7-2)20(17)21-19(25)12-15-23(16(3)24)14-9-13-22(4)5/h8,10-11H,6-7,9,12-15H2,1-5H3,(H,21,25). The highest BCUT2D eigenvalue weighted by Gasteiger charge is 2.13. The molecule has 0 aromatic heterocycles. The van der Waals surface area contributed by atoms with Gasteiger partial charge in [0.25, 0.3) is 0 Å². The fraction of sp³-hybridized carbons (Fsp3) is 0.600. The normalized spacial score (nSPS) is 10.8. The van der Waals surface area contributed by atoms with E-state index in [2.05, 4.69) is 36.2 Å². The van der Waals surface area contributed by atoms with E-state index in [9.17, 15) is 9.59 Å². The summed E-state index contributed by atoms with van der Waals surface area (Å²) in [5, 5.41) is 3.06. The Labute approximate surface area is 152 Å². The maximum atomic E-state index is 12.4. The number of amides is 2. The van der Waals surface area contributed by atoms with Crippen LogP contribution in [0.5, 0.6) is 0 Å². The van der Waals surface area contributed by atoms with Crippen molar-refractivity contribution in [3.05, 3.63) is 29.3 Å². The Bertz CT molecular complexity index is 548. The Balaban J connectivity index is 2.62. The lowest BCUT2D eigenvalue weighted by molar-refractivity contribution is -0.129. The van der Waals surface area contributed by atoms with Gasteiger partial charge in [0, 0.05) is 32.1 Å². The largest absolute Gasteiger partial charge is 0.342 e. The lowest BCUT2D eigenvalue weighted by atomic mass is 10.0. The molecule has 5 nitrogen and oxygen atoms in total. The van der Waals surface area contributed by atoms with E-state index in [1.54, 1.807) is 11.8 Å². The van der Waals surface area contributed by atoms with Crippen LogP contribution < -0.4 is 5.32 Å². The molecule has 0 bridgehead atoms. The van der Waals surface area contributed by atoms with Crippen LogP contribution in [0.25, 0.3) is 0 Å². The summed E-state index contributed by atoms with van der Waals surface area (Å²) in [5.74, 6) is -0.00998. The van der Waals surface area contributed by atoms with E-state index in [1.807, 2.05) is 20.2 Å². The molecule has 140 valence electrons. The van der Waals surface area contributed by atoms with Gasteiger partial charge >= 0.3 is 0 Å². The maximum absolute atomic E-state index is 12.4. The van der Waals surface area contributed by atoms with Crippen LogP contribution in [-0.4, -0.2) is 55.3 Å². The molecule has 1 rings (SSSR count). The third-order valence-electron chi connectivity index (χ3n) is 4.35. The Hall–Kier alpha value is -1.88. The maximum Gasteiger partial charge on any atom is 0.226 e. The average Bonchev–Trinajstić information content (AvgIpc) is 2.57. The molecule has 1 aromatic rings. The first kappa shape index (κ1) is 21.2. The van der Waals surface area contributed by atoms with E-state index in [4.69, 9.17) is 0 Å². The van der Waals surface area contributed by atoms with Crippen LogP contribution >= 0.6 is 0 Å². The minimum Gasteiger partial charge on any atom is -0.342 e. The number of nitrogens with zero attached hydrogens (tertiary/aromatic N) is 2. The van der Waals surface area contributed by atoms with Gasteiger partial charge in [0.2, 0.25) is 11.8 Å². The summed E-state index contributed by atoms with van der Waals surface area (Å²) in [7, 11) is 4.03. The van der Waals surface area contributed by atoms with Crippen molar-refractivity contribution in [1.82, 2.24) is 9.80 Å². The molecule has 0 atom stereocenters. The molecular weight excluding hydrogens is 314 g/mol. The molecule has 5 heteroatoms. The number of anilines is 1. The predicted molar refractivity (Wildman–Crippen MR) is 104 cm³/mol. The number of hydrogen-bond acceptors (Lipinski definition) is 3. The summed E-state index contributed by atoms with van der Waals surface area (Å²) in [4.78, 5) is 28.0. The number of aryl methyl sites for hydroxylation is 2. The van der Waals surface area contributed by atoms with E-state index in [-0.39, 0.29) is 11.8 Å². The Morgan fingerprint density at radius 3 is 2.08 bits per heavy atom. The van der Waals surface area contributed by atoms with Gasteiger partial charge in [-0.15, -0.1) is 0 Å². The topological polar surface area (TPSA) is 52.7 Å². The summed E-state index contributed by atoms with van der Waals surface area (Å²) in [6.45, 7) is 7.82. The molecule has 0 fully saturated rings. The lowest BCUT2D eigenvalue weighted by Crippen LogP contribution is -2.34. The highest BCUT2D eigenvalue weighted by Crippen LogP contribution is 2.22. The van der Waals surface area contributed by atoms with Gasteiger partial charge in [-0.05, 0) is 51.0 Å². The van der Waals surface area contributed by atoms with Crippen molar-refractivity contribution in [2.75, 3.05) is 39.0 Å². The van der Waals surface area contributed by atoms with Crippen molar-refractivity contribution in [1.29, 1.82) is 0 Å². The molecular formula is C20H33N3O2. The van der Waals surface area contributed by atoms with E-state index >= 15 is 0 Å². The fourth-order valence-corrected chi connectivity index (χ4v) is 2.85. The van der Waals surface area contributed by atoms with Crippen molar-refractivity contribution < 1.29 is 9.59 Å². The van der Waals surface area contributed by atoms with Gasteiger partial charge in [0.15, 0.2) is 0 Å². The van der Waals surface area contributed by atoms with Crippen molar-refractivity contribution in [2.24, 2.45) is 0 Å². The van der Waals surface area contributed by atoms with Crippen LogP contribution in [0.2, 0.25) is 0 Å². The number of carbonyl (C=O) groups is 2. The van der Waals surface area contributed by atoms with Gasteiger partial charge in [-0.25, -0.2) is 0 Å². The molecule has 0 radical (unpaired) electrons. The van der Waals surface area contributed by atoms with Crippen molar-refractivity contribution in [2.45, 2.75) is 46.5 Å². The molecule has 2 amide bonds. The van der Waals surface area contributed by atoms with Crippen molar-refractivity contribution in [3.8, 4) is 0 Å². The average molecular weight is 348 g/mol. The van der Waals surface area contributed by atoms with E-state index in [0.29, 0.717) is 19.5 Å². The first-order chi connectivity index (χ1) is 11.9. The van der Waals surface area contributed by atoms with Crippen LogP contribution in [0.4, 0.5) is 5.69 Å². The number of carbonyl (C=O) groups excluding carboxylic acids is 2. The SMILES string of the molecule is CCc1cccc(CC)c1NC(=O)CCN(CCCN(C)C)C(C)=O. The third-order valence-corrected chi connectivity index (χ3v) is 4.35. The van der Waals surface area contributed by atoms with E-state index < -0.39 is 0 Å². The highest BCUT2D eigenvalue weighted by molar-refractivity contribution is 5.92. The summed E-state index contributed by atoms with van der Waals surface area (Å²) >= 11 is 0. The number of hydrogen-bond donors (Lipinski definition) is 1. The predicted octanol–water partition coefficient (Wildman–Crippen LogP) is 2.94. The number of nitrogens with one attached hydrogen (secondary N) is 1. The second-order valence-electron chi connectivity index (χ2n) is 6.62. The molecule has 25 heavy (non-hydrogen) atoms. The molecule has 0 heterocycles. The monoisotopic (exact) mass is 347 g/mol. The highest BCUT2D eigenvalue weighted by atomic mass is 16.2. The molecule has 1 N–H and O–H groups in total. The number of rotatable bonds is 10. The van der Waals surface area contributed by atoms with Crippen LogP contribution in [0.3, 0.4) is 0 Å². The Morgan fingerprint density at radius 1 is 1.00 bits per heavy atom. The molecule has 0 unspecified atom stereocenters. The van der Waals surface area contributed by atoms with Gasteiger partial charge in [0.1, 0.15) is 0 Å². The van der Waals surface area contributed by atoms with Gasteiger partial charge in [-0.3, -0.25) is 9.59 Å². The zero-order valence-electron chi connectivity index (χ0n) is 16.4. The van der Waals surface area contributed by atoms with Crippen molar-refractivity contribution >= 4 is 17.5 Å². The van der Waals surface area contributed by atoms with Crippen molar-refractivity contribution in [3.63, 3.8) is 0 Å². The number of benzene rings is 1. The smallest absolute Gasteiger partial charge is 0.226 e. The fourth-order valence-electron chi connectivity index (χ4n) is 2.85. The van der Waals surface area contributed by atoms with E-state index in [1.165, 1.54) is 0 Å². The van der Waals surface area contributed by atoms with Gasteiger partial charge < -0.3 is 15.1 Å². The molecule has 0 aliphatic heterocycles. The second-order valence-corrected chi connectivity index (χ2v) is 6.62. The molecule has 0 aliphatic carbocycles. The van der Waals surface area contributed by atoms with Gasteiger partial charge in [-0.2, -0.15) is 0 Å². The first-order valence-electron chi connectivity index (χ1n) is 9.19. The van der Waals surface area contributed by atoms with Gasteiger partial charge in [0.05, 0.1) is 0 Å². The Morgan fingerprint density at radius 2 is 1.60 bits per heavy atom. The summed E-state index contributed by atoms with van der Waals surface area (Å²) in [6, 6.07) is 6.14. The summed E-state index contributed by atoms with van der Waals surface area (Å²) in [5.41, 5.74) is 3.25. The van der Waals surface area contributed by atoms with Crippen LogP contribution in [0.1, 0.15) is 44.7 Å².